The Morgan fingerprint density at radius 2 is 1.83 bits per heavy atom. The van der Waals surface area contributed by atoms with E-state index in [4.69, 9.17) is 0 Å². The number of ketones is 1. The second-order valence-electron chi connectivity index (χ2n) is 3.77. The SMILES string of the molecule is O=C(C=Cc1ccc(Br)cc1O)c1ccccc1. The molecule has 0 aromatic heterocycles. The summed E-state index contributed by atoms with van der Waals surface area (Å²) in [6.45, 7) is 0. The molecule has 2 nitrogen and oxygen atoms in total. The summed E-state index contributed by atoms with van der Waals surface area (Å²) in [7, 11) is 0. The number of carbonyl (C=O) groups is 1. The van der Waals surface area contributed by atoms with Gasteiger partial charge < -0.3 is 5.11 Å². The second kappa shape index (κ2) is 5.65. The molecule has 18 heavy (non-hydrogen) atoms. The summed E-state index contributed by atoms with van der Waals surface area (Å²) >= 11 is 3.26. The highest BCUT2D eigenvalue weighted by Gasteiger charge is 2.01. The third-order valence-corrected chi connectivity index (χ3v) is 2.96. The Bertz CT molecular complexity index is 589. The van der Waals surface area contributed by atoms with Crippen LogP contribution in [0.2, 0.25) is 0 Å². The molecule has 0 spiro atoms. The van der Waals surface area contributed by atoms with E-state index in [1.807, 2.05) is 24.3 Å². The fourth-order valence-corrected chi connectivity index (χ4v) is 1.87. The van der Waals surface area contributed by atoms with Crippen LogP contribution in [0.5, 0.6) is 5.75 Å². The third-order valence-electron chi connectivity index (χ3n) is 2.47. The molecule has 0 fully saturated rings. The standard InChI is InChI=1S/C15H11BrO2/c16-13-8-6-12(15(18)10-13)7-9-14(17)11-4-2-1-3-5-11/h1-10,18H. The summed E-state index contributed by atoms with van der Waals surface area (Å²) < 4.78 is 0.798. The van der Waals surface area contributed by atoms with Crippen LogP contribution in [0.1, 0.15) is 15.9 Å². The smallest absolute Gasteiger partial charge is 0.185 e. The second-order valence-corrected chi connectivity index (χ2v) is 4.68. The third kappa shape index (κ3) is 3.08. The average molecular weight is 303 g/mol. The minimum atomic E-state index is -0.0853. The lowest BCUT2D eigenvalue weighted by molar-refractivity contribution is 0.104. The molecule has 0 saturated carbocycles. The number of aromatic hydroxyl groups is 1. The fraction of sp³-hybridized carbons (Fsp3) is 0. The van der Waals surface area contributed by atoms with Crippen LogP contribution >= 0.6 is 15.9 Å². The maximum atomic E-state index is 11.8. The summed E-state index contributed by atoms with van der Waals surface area (Å²) in [6, 6.07) is 14.2. The van der Waals surface area contributed by atoms with Gasteiger partial charge in [0.05, 0.1) is 0 Å². The van der Waals surface area contributed by atoms with E-state index in [0.717, 1.165) is 4.47 Å². The van der Waals surface area contributed by atoms with Gasteiger partial charge in [-0.2, -0.15) is 0 Å². The highest BCUT2D eigenvalue weighted by atomic mass is 79.9. The molecule has 0 saturated heterocycles. The minimum Gasteiger partial charge on any atom is -0.507 e. The van der Waals surface area contributed by atoms with Crippen molar-refractivity contribution >= 4 is 27.8 Å². The first-order valence-electron chi connectivity index (χ1n) is 5.43. The molecule has 0 aliphatic heterocycles. The van der Waals surface area contributed by atoms with Crippen LogP contribution in [0.25, 0.3) is 6.08 Å². The Labute approximate surface area is 114 Å². The number of benzene rings is 2. The van der Waals surface area contributed by atoms with E-state index < -0.39 is 0 Å². The topological polar surface area (TPSA) is 37.3 Å². The Hall–Kier alpha value is -1.87. The van der Waals surface area contributed by atoms with Gasteiger partial charge in [-0.15, -0.1) is 0 Å². The monoisotopic (exact) mass is 302 g/mol. The number of hydrogen-bond acceptors (Lipinski definition) is 2. The largest absolute Gasteiger partial charge is 0.507 e. The zero-order chi connectivity index (χ0) is 13.0. The zero-order valence-electron chi connectivity index (χ0n) is 9.51. The van der Waals surface area contributed by atoms with E-state index in [-0.39, 0.29) is 11.5 Å². The summed E-state index contributed by atoms with van der Waals surface area (Å²) in [5.41, 5.74) is 1.24. The predicted octanol–water partition coefficient (Wildman–Crippen LogP) is 4.05. The van der Waals surface area contributed by atoms with E-state index in [1.54, 1.807) is 30.3 Å². The maximum Gasteiger partial charge on any atom is 0.185 e. The molecule has 0 amide bonds. The van der Waals surface area contributed by atoms with Crippen molar-refractivity contribution < 1.29 is 9.90 Å². The van der Waals surface area contributed by atoms with Gasteiger partial charge in [0.25, 0.3) is 0 Å². The van der Waals surface area contributed by atoms with Gasteiger partial charge in [-0.1, -0.05) is 52.3 Å². The van der Waals surface area contributed by atoms with E-state index in [0.29, 0.717) is 11.1 Å². The molecule has 0 bridgehead atoms. The van der Waals surface area contributed by atoms with Crippen molar-refractivity contribution in [2.45, 2.75) is 0 Å². The highest BCUT2D eigenvalue weighted by Crippen LogP contribution is 2.23. The normalized spacial score (nSPS) is 10.7. The highest BCUT2D eigenvalue weighted by molar-refractivity contribution is 9.10. The number of halogens is 1. The lowest BCUT2D eigenvalue weighted by Crippen LogP contribution is -1.92. The van der Waals surface area contributed by atoms with Crippen molar-refractivity contribution in [2.75, 3.05) is 0 Å². The molecule has 3 heteroatoms. The molecule has 0 unspecified atom stereocenters. The van der Waals surface area contributed by atoms with Crippen molar-refractivity contribution in [1.29, 1.82) is 0 Å². The van der Waals surface area contributed by atoms with Crippen molar-refractivity contribution in [2.24, 2.45) is 0 Å². The Morgan fingerprint density at radius 1 is 1.11 bits per heavy atom. The van der Waals surface area contributed by atoms with Crippen LogP contribution in [0.4, 0.5) is 0 Å². The number of hydrogen-bond donors (Lipinski definition) is 1. The van der Waals surface area contributed by atoms with Gasteiger partial charge in [-0.05, 0) is 24.3 Å². The fourth-order valence-electron chi connectivity index (χ4n) is 1.52. The van der Waals surface area contributed by atoms with E-state index in [9.17, 15) is 9.90 Å². The molecule has 0 radical (unpaired) electrons. The zero-order valence-corrected chi connectivity index (χ0v) is 11.1. The van der Waals surface area contributed by atoms with E-state index >= 15 is 0 Å². The molecule has 2 rings (SSSR count). The van der Waals surface area contributed by atoms with Crippen molar-refractivity contribution in [3.8, 4) is 5.75 Å². The van der Waals surface area contributed by atoms with E-state index in [1.165, 1.54) is 6.08 Å². The molecule has 2 aromatic carbocycles. The van der Waals surface area contributed by atoms with Crippen LogP contribution in [0.3, 0.4) is 0 Å². The molecule has 0 aliphatic rings. The van der Waals surface area contributed by atoms with Crippen molar-refractivity contribution in [1.82, 2.24) is 0 Å². The first-order chi connectivity index (χ1) is 8.66. The molecular weight excluding hydrogens is 292 g/mol. The molecule has 1 N–H and O–H groups in total. The van der Waals surface area contributed by atoms with Crippen molar-refractivity contribution in [3.63, 3.8) is 0 Å². The summed E-state index contributed by atoms with van der Waals surface area (Å²) in [5, 5.41) is 9.68. The van der Waals surface area contributed by atoms with Crippen LogP contribution < -0.4 is 0 Å². The predicted molar refractivity (Wildman–Crippen MR) is 75.6 cm³/mol. The van der Waals surface area contributed by atoms with Crippen LogP contribution in [-0.2, 0) is 0 Å². The number of allylic oxidation sites excluding steroid dienone is 1. The summed E-state index contributed by atoms with van der Waals surface area (Å²) in [5.74, 6) is 0.0550. The Morgan fingerprint density at radius 3 is 2.50 bits per heavy atom. The van der Waals surface area contributed by atoms with Crippen LogP contribution in [-0.4, -0.2) is 10.9 Å². The summed E-state index contributed by atoms with van der Waals surface area (Å²) in [6.07, 6.45) is 3.06. The van der Waals surface area contributed by atoms with Gasteiger partial charge in [-0.3, -0.25) is 4.79 Å². The molecular formula is C15H11BrO2. The summed E-state index contributed by atoms with van der Waals surface area (Å²) in [4.78, 5) is 11.8. The lowest BCUT2D eigenvalue weighted by Gasteiger charge is -1.99. The van der Waals surface area contributed by atoms with Crippen molar-refractivity contribution in [3.05, 3.63) is 70.2 Å². The quantitative estimate of drug-likeness (QED) is 0.686. The Balaban J connectivity index is 2.19. The first kappa shape index (κ1) is 12.6. The molecule has 0 atom stereocenters. The number of carbonyl (C=O) groups excluding carboxylic acids is 1. The van der Waals surface area contributed by atoms with E-state index in [2.05, 4.69) is 15.9 Å². The molecule has 90 valence electrons. The van der Waals surface area contributed by atoms with Gasteiger partial charge in [0.1, 0.15) is 5.75 Å². The molecule has 0 aliphatic carbocycles. The van der Waals surface area contributed by atoms with Crippen LogP contribution in [0, 0.1) is 0 Å². The van der Waals surface area contributed by atoms with Gasteiger partial charge >= 0.3 is 0 Å². The maximum absolute atomic E-state index is 11.8. The van der Waals surface area contributed by atoms with Gasteiger partial charge in [0, 0.05) is 15.6 Å². The van der Waals surface area contributed by atoms with Gasteiger partial charge in [0.2, 0.25) is 0 Å². The average Bonchev–Trinajstić information content (AvgIpc) is 2.38. The van der Waals surface area contributed by atoms with Gasteiger partial charge in [0.15, 0.2) is 5.78 Å². The van der Waals surface area contributed by atoms with Crippen LogP contribution in [0.15, 0.2) is 59.1 Å². The van der Waals surface area contributed by atoms with Gasteiger partial charge in [-0.25, -0.2) is 0 Å². The number of phenolic OH excluding ortho intramolecular Hbond substituents is 1. The number of phenols is 1. The molecule has 2 aromatic rings. The molecule has 0 heterocycles. The first-order valence-corrected chi connectivity index (χ1v) is 6.22. The minimum absolute atomic E-state index is 0.0853. The Kier molecular flexibility index (Phi) is 3.95. The lowest BCUT2D eigenvalue weighted by atomic mass is 10.1. The number of rotatable bonds is 3.